The summed E-state index contributed by atoms with van der Waals surface area (Å²) in [7, 11) is 0. The highest BCUT2D eigenvalue weighted by Crippen LogP contribution is 2.23. The van der Waals surface area contributed by atoms with E-state index in [-0.39, 0.29) is 18.6 Å². The maximum Gasteiger partial charge on any atom is 0.249 e. The van der Waals surface area contributed by atoms with Gasteiger partial charge in [-0.2, -0.15) is 0 Å². The second-order valence-electron chi connectivity index (χ2n) is 5.10. The normalized spacial score (nSPS) is 31.2. The Balaban J connectivity index is 1.89. The number of amides is 1. The lowest BCUT2D eigenvalue weighted by atomic mass is 9.90. The summed E-state index contributed by atoms with van der Waals surface area (Å²) in [5.41, 5.74) is 4.98. The Morgan fingerprint density at radius 2 is 2.11 bits per heavy atom. The van der Waals surface area contributed by atoms with Crippen LogP contribution in [0.25, 0.3) is 0 Å². The summed E-state index contributed by atoms with van der Waals surface area (Å²) >= 11 is 0. The average molecular weight is 258 g/mol. The lowest BCUT2D eigenvalue weighted by Gasteiger charge is -2.37. The van der Waals surface area contributed by atoms with Crippen molar-refractivity contribution in [3.8, 4) is 0 Å². The van der Waals surface area contributed by atoms with E-state index in [0.29, 0.717) is 39.0 Å². The highest BCUT2D eigenvalue weighted by Gasteiger charge is 2.37. The smallest absolute Gasteiger partial charge is 0.249 e. The van der Waals surface area contributed by atoms with Crippen LogP contribution >= 0.6 is 0 Å². The molecule has 2 heterocycles. The standard InChI is InChI=1S/C12H22N2O4/c13-7-9-1-2-10(18-9)11(16)14-12(8-15)3-5-17-6-4-12/h9-10,15H,1-8,13H2,(H,14,16). The Hall–Kier alpha value is -0.690. The Morgan fingerprint density at radius 1 is 1.39 bits per heavy atom. The Morgan fingerprint density at radius 3 is 2.67 bits per heavy atom. The number of hydrogen-bond donors (Lipinski definition) is 3. The van der Waals surface area contributed by atoms with E-state index < -0.39 is 11.6 Å². The fourth-order valence-electron chi connectivity index (χ4n) is 2.50. The summed E-state index contributed by atoms with van der Waals surface area (Å²) in [5.74, 6) is -0.137. The molecule has 4 N–H and O–H groups in total. The minimum atomic E-state index is -0.542. The molecule has 0 spiro atoms. The number of nitrogens with one attached hydrogen (secondary N) is 1. The SMILES string of the molecule is NCC1CCC(C(=O)NC2(CO)CCOCC2)O1. The first-order valence-electron chi connectivity index (χ1n) is 6.55. The van der Waals surface area contributed by atoms with Gasteiger partial charge in [0.15, 0.2) is 0 Å². The van der Waals surface area contributed by atoms with Gasteiger partial charge in [0.25, 0.3) is 0 Å². The topological polar surface area (TPSA) is 93.8 Å². The Labute approximate surface area is 107 Å². The van der Waals surface area contributed by atoms with Crippen molar-refractivity contribution in [2.75, 3.05) is 26.4 Å². The van der Waals surface area contributed by atoms with E-state index in [1.165, 1.54) is 0 Å². The van der Waals surface area contributed by atoms with Crippen molar-refractivity contribution >= 4 is 5.91 Å². The minimum Gasteiger partial charge on any atom is -0.394 e. The molecule has 0 bridgehead atoms. The average Bonchev–Trinajstić information content (AvgIpc) is 2.88. The van der Waals surface area contributed by atoms with E-state index in [2.05, 4.69) is 5.32 Å². The summed E-state index contributed by atoms with van der Waals surface area (Å²) in [6.07, 6.45) is 2.37. The summed E-state index contributed by atoms with van der Waals surface area (Å²) in [4.78, 5) is 12.1. The van der Waals surface area contributed by atoms with Crippen LogP contribution in [0.5, 0.6) is 0 Å². The molecule has 0 aromatic heterocycles. The predicted molar refractivity (Wildman–Crippen MR) is 65.0 cm³/mol. The van der Waals surface area contributed by atoms with Crippen LogP contribution in [0.4, 0.5) is 0 Å². The van der Waals surface area contributed by atoms with Crippen molar-refractivity contribution in [2.45, 2.75) is 43.4 Å². The van der Waals surface area contributed by atoms with E-state index in [9.17, 15) is 9.90 Å². The van der Waals surface area contributed by atoms with Gasteiger partial charge in [-0.25, -0.2) is 0 Å². The number of ether oxygens (including phenoxy) is 2. The highest BCUT2D eigenvalue weighted by atomic mass is 16.5. The highest BCUT2D eigenvalue weighted by molar-refractivity contribution is 5.81. The van der Waals surface area contributed by atoms with Crippen LogP contribution in [-0.4, -0.2) is 55.1 Å². The number of rotatable bonds is 4. The van der Waals surface area contributed by atoms with Gasteiger partial charge in [0, 0.05) is 19.8 Å². The number of carbonyl (C=O) groups is 1. The van der Waals surface area contributed by atoms with Crippen molar-refractivity contribution in [1.29, 1.82) is 0 Å². The summed E-state index contributed by atoms with van der Waals surface area (Å²) in [6.45, 7) is 1.52. The Kier molecular flexibility index (Phi) is 4.55. The van der Waals surface area contributed by atoms with Gasteiger partial charge in [0.2, 0.25) is 5.91 Å². The molecule has 1 amide bonds. The molecule has 6 nitrogen and oxygen atoms in total. The third kappa shape index (κ3) is 3.00. The van der Waals surface area contributed by atoms with Crippen LogP contribution in [0.2, 0.25) is 0 Å². The van der Waals surface area contributed by atoms with Gasteiger partial charge in [-0.15, -0.1) is 0 Å². The molecule has 2 unspecified atom stereocenters. The molecule has 2 saturated heterocycles. The molecular formula is C12H22N2O4. The fraction of sp³-hybridized carbons (Fsp3) is 0.917. The molecule has 6 heteroatoms. The number of nitrogens with two attached hydrogens (primary N) is 1. The molecular weight excluding hydrogens is 236 g/mol. The van der Waals surface area contributed by atoms with Crippen LogP contribution < -0.4 is 11.1 Å². The molecule has 2 atom stereocenters. The lowest BCUT2D eigenvalue weighted by Crippen LogP contribution is -2.56. The zero-order valence-electron chi connectivity index (χ0n) is 10.6. The fourth-order valence-corrected chi connectivity index (χ4v) is 2.50. The first-order chi connectivity index (χ1) is 8.69. The van der Waals surface area contributed by atoms with Crippen LogP contribution in [0.3, 0.4) is 0 Å². The molecule has 0 saturated carbocycles. The van der Waals surface area contributed by atoms with Gasteiger partial charge in [-0.05, 0) is 25.7 Å². The lowest BCUT2D eigenvalue weighted by molar-refractivity contribution is -0.136. The number of hydrogen-bond acceptors (Lipinski definition) is 5. The van der Waals surface area contributed by atoms with E-state index in [1.807, 2.05) is 0 Å². The van der Waals surface area contributed by atoms with Crippen molar-refractivity contribution < 1.29 is 19.4 Å². The molecule has 0 aromatic carbocycles. The minimum absolute atomic E-state index is 0.0134. The van der Waals surface area contributed by atoms with Crippen LogP contribution in [0, 0.1) is 0 Å². The van der Waals surface area contributed by atoms with Gasteiger partial charge in [-0.3, -0.25) is 4.79 Å². The molecule has 0 aromatic rings. The van der Waals surface area contributed by atoms with Gasteiger partial charge in [-0.1, -0.05) is 0 Å². The predicted octanol–water partition coefficient (Wildman–Crippen LogP) is -0.850. The first-order valence-corrected chi connectivity index (χ1v) is 6.55. The monoisotopic (exact) mass is 258 g/mol. The van der Waals surface area contributed by atoms with Crippen molar-refractivity contribution in [2.24, 2.45) is 5.73 Å². The number of carbonyl (C=O) groups excluding carboxylic acids is 1. The van der Waals surface area contributed by atoms with Gasteiger partial charge in [0.05, 0.1) is 18.2 Å². The second-order valence-corrected chi connectivity index (χ2v) is 5.10. The van der Waals surface area contributed by atoms with Crippen LogP contribution in [-0.2, 0) is 14.3 Å². The number of aliphatic hydroxyl groups excluding tert-OH is 1. The zero-order chi connectivity index (χ0) is 13.0. The van der Waals surface area contributed by atoms with Crippen molar-refractivity contribution in [3.63, 3.8) is 0 Å². The van der Waals surface area contributed by atoms with Crippen molar-refractivity contribution in [3.05, 3.63) is 0 Å². The van der Waals surface area contributed by atoms with E-state index in [0.717, 1.165) is 6.42 Å². The van der Waals surface area contributed by atoms with Crippen LogP contribution in [0.15, 0.2) is 0 Å². The molecule has 2 aliphatic heterocycles. The van der Waals surface area contributed by atoms with E-state index in [1.54, 1.807) is 0 Å². The summed E-state index contributed by atoms with van der Waals surface area (Å²) in [5, 5.41) is 12.4. The molecule has 2 aliphatic rings. The Bertz CT molecular complexity index is 292. The molecule has 18 heavy (non-hydrogen) atoms. The largest absolute Gasteiger partial charge is 0.394 e. The maximum atomic E-state index is 12.1. The van der Waals surface area contributed by atoms with Gasteiger partial charge in [0.1, 0.15) is 6.10 Å². The quantitative estimate of drug-likeness (QED) is 0.611. The first kappa shape index (κ1) is 13.7. The molecule has 0 radical (unpaired) electrons. The van der Waals surface area contributed by atoms with Crippen molar-refractivity contribution in [1.82, 2.24) is 5.32 Å². The summed E-state index contributed by atoms with van der Waals surface area (Å²) < 4.78 is 10.8. The van der Waals surface area contributed by atoms with E-state index >= 15 is 0 Å². The maximum absolute atomic E-state index is 12.1. The third-order valence-electron chi connectivity index (χ3n) is 3.80. The van der Waals surface area contributed by atoms with Gasteiger partial charge >= 0.3 is 0 Å². The molecule has 2 fully saturated rings. The van der Waals surface area contributed by atoms with Crippen LogP contribution in [0.1, 0.15) is 25.7 Å². The summed E-state index contributed by atoms with van der Waals surface area (Å²) in [6, 6.07) is 0. The second kappa shape index (κ2) is 5.97. The van der Waals surface area contributed by atoms with E-state index in [4.69, 9.17) is 15.2 Å². The molecule has 0 aliphatic carbocycles. The number of aliphatic hydroxyl groups is 1. The molecule has 2 rings (SSSR count). The molecule has 104 valence electrons. The third-order valence-corrected chi connectivity index (χ3v) is 3.80. The zero-order valence-corrected chi connectivity index (χ0v) is 10.6. The van der Waals surface area contributed by atoms with Gasteiger partial charge < -0.3 is 25.6 Å².